The maximum atomic E-state index is 11.9. The van der Waals surface area contributed by atoms with E-state index in [9.17, 15) is 9.59 Å². The van der Waals surface area contributed by atoms with Crippen molar-refractivity contribution in [1.82, 2.24) is 20.1 Å². The predicted octanol–water partition coefficient (Wildman–Crippen LogP) is 2.03. The minimum absolute atomic E-state index is 0.183. The van der Waals surface area contributed by atoms with Crippen molar-refractivity contribution in [3.8, 4) is 0 Å². The first kappa shape index (κ1) is 16.9. The number of aromatic amines is 1. The number of likely N-dealkylation sites (N-methyl/N-ethyl adjacent to an activating group) is 1. The molecular weight excluding hydrogens is 360 g/mol. The molecule has 2 aromatic rings. The van der Waals surface area contributed by atoms with Crippen LogP contribution in [0.2, 0.25) is 0 Å². The number of carbonyl (C=O) groups excluding carboxylic acids is 2. The van der Waals surface area contributed by atoms with Crippen LogP contribution in [0.3, 0.4) is 0 Å². The Morgan fingerprint density at radius 3 is 2.93 bits per heavy atom. The number of imide groups is 1. The van der Waals surface area contributed by atoms with Gasteiger partial charge < -0.3 is 14.8 Å². The molecule has 3 aliphatic rings. The van der Waals surface area contributed by atoms with Crippen molar-refractivity contribution in [2.45, 2.75) is 24.8 Å². The Balaban J connectivity index is 1.48. The van der Waals surface area contributed by atoms with E-state index in [1.165, 1.54) is 16.5 Å². The number of rotatable bonds is 3. The highest BCUT2D eigenvalue weighted by molar-refractivity contribution is 7.79. The van der Waals surface area contributed by atoms with Gasteiger partial charge in [0, 0.05) is 41.3 Å². The number of hydrogen-bond acceptors (Lipinski definition) is 4. The lowest BCUT2D eigenvalue weighted by Crippen LogP contribution is -2.50. The van der Waals surface area contributed by atoms with E-state index in [0.717, 1.165) is 30.6 Å². The van der Waals surface area contributed by atoms with Crippen LogP contribution in [0.4, 0.5) is 4.79 Å². The van der Waals surface area contributed by atoms with Gasteiger partial charge in [0.15, 0.2) is 0 Å². The number of aromatic nitrogens is 1. The lowest BCUT2D eigenvalue weighted by atomic mass is 9.72. The number of urea groups is 1. The van der Waals surface area contributed by atoms with Crippen molar-refractivity contribution in [3.63, 3.8) is 0 Å². The highest BCUT2D eigenvalue weighted by atomic mass is 32.1. The summed E-state index contributed by atoms with van der Waals surface area (Å²) in [6, 6.07) is 6.66. The number of H-pyrrole nitrogens is 1. The summed E-state index contributed by atoms with van der Waals surface area (Å²) in [6.07, 6.45) is 2.03. The van der Waals surface area contributed by atoms with Crippen molar-refractivity contribution >= 4 is 40.4 Å². The molecule has 2 fully saturated rings. The molecule has 1 unspecified atom stereocenters. The van der Waals surface area contributed by atoms with Crippen LogP contribution < -0.4 is 5.32 Å². The number of amides is 3. The van der Waals surface area contributed by atoms with Crippen LogP contribution in [-0.4, -0.2) is 64.8 Å². The fourth-order valence-corrected chi connectivity index (χ4v) is 5.55. The molecule has 1 aromatic carbocycles. The first-order valence-electron chi connectivity index (χ1n) is 9.42. The molecule has 2 saturated heterocycles. The fourth-order valence-electron chi connectivity index (χ4n) is 5.34. The molecule has 3 atom stereocenters. The molecule has 2 N–H and O–H groups in total. The Kier molecular flexibility index (Phi) is 3.84. The number of thiocarbonyl (C=S) groups is 1. The van der Waals surface area contributed by atoms with Gasteiger partial charge in [0.05, 0.1) is 5.69 Å². The smallest absolute Gasteiger partial charge is 0.324 e. The molecule has 3 heterocycles. The van der Waals surface area contributed by atoms with Crippen LogP contribution in [0.25, 0.3) is 10.9 Å². The number of likely N-dealkylation sites (tertiary alicyclic amines) is 1. The lowest BCUT2D eigenvalue weighted by molar-refractivity contribution is -0.118. The first-order chi connectivity index (χ1) is 13.0. The van der Waals surface area contributed by atoms with Gasteiger partial charge in [0.25, 0.3) is 0 Å². The summed E-state index contributed by atoms with van der Waals surface area (Å²) >= 11 is 5.24. The highest BCUT2D eigenvalue weighted by Gasteiger charge is 2.41. The van der Waals surface area contributed by atoms with Gasteiger partial charge >= 0.3 is 6.03 Å². The molecule has 3 amide bonds. The summed E-state index contributed by atoms with van der Waals surface area (Å²) in [5.74, 6) is 0.586. The third-order valence-electron chi connectivity index (χ3n) is 6.43. The molecule has 1 aliphatic carbocycles. The van der Waals surface area contributed by atoms with Crippen LogP contribution in [0.1, 0.15) is 29.2 Å². The summed E-state index contributed by atoms with van der Waals surface area (Å²) in [7, 11) is 2.17. The van der Waals surface area contributed by atoms with Crippen molar-refractivity contribution in [2.24, 2.45) is 5.92 Å². The maximum absolute atomic E-state index is 11.9. The van der Waals surface area contributed by atoms with E-state index < -0.39 is 0 Å². The number of nitrogens with one attached hydrogen (secondary N) is 2. The average molecular weight is 382 g/mol. The Hall–Kier alpha value is -2.25. The number of nitrogens with zero attached hydrogens (tertiary/aromatic N) is 2. The van der Waals surface area contributed by atoms with Gasteiger partial charge in [-0.2, -0.15) is 0 Å². The number of carbonyl (C=O) groups is 2. The Morgan fingerprint density at radius 1 is 1.33 bits per heavy atom. The standard InChI is InChI=1S/C20H22N4O2S/c1-23-7-11(8-24-9-18(25)22-20(24)26)5-13-12-3-2-4-15-19(12)14(6-17(13)23)16(10-27)21-15/h2-4,10-11,13,17,21H,5-9H2,1H3,(H,22,25,26)/t11-,13?,17-/m1/s1. The summed E-state index contributed by atoms with van der Waals surface area (Å²) < 4.78 is 0. The second-order valence-corrected chi connectivity index (χ2v) is 8.29. The third-order valence-corrected chi connectivity index (χ3v) is 6.67. The summed E-state index contributed by atoms with van der Waals surface area (Å²) in [5.41, 5.74) is 4.95. The molecule has 0 spiro atoms. The second-order valence-electron chi connectivity index (χ2n) is 8.06. The van der Waals surface area contributed by atoms with Gasteiger partial charge in [0.1, 0.15) is 6.54 Å². The number of hydrogen-bond donors (Lipinski definition) is 2. The van der Waals surface area contributed by atoms with Crippen LogP contribution in [0.5, 0.6) is 0 Å². The first-order valence-corrected chi connectivity index (χ1v) is 9.90. The molecule has 140 valence electrons. The lowest BCUT2D eigenvalue weighted by Gasteiger charge is -2.46. The van der Waals surface area contributed by atoms with Crippen LogP contribution in [-0.2, 0) is 11.2 Å². The van der Waals surface area contributed by atoms with E-state index in [1.54, 1.807) is 10.3 Å². The molecule has 6 nitrogen and oxygen atoms in total. The van der Waals surface area contributed by atoms with Crippen molar-refractivity contribution in [3.05, 3.63) is 35.0 Å². The van der Waals surface area contributed by atoms with E-state index in [1.807, 2.05) is 0 Å². The monoisotopic (exact) mass is 382 g/mol. The Labute approximate surface area is 162 Å². The molecule has 27 heavy (non-hydrogen) atoms. The highest BCUT2D eigenvalue weighted by Crippen LogP contribution is 2.45. The molecule has 0 saturated carbocycles. The summed E-state index contributed by atoms with van der Waals surface area (Å²) in [4.78, 5) is 31.0. The quantitative estimate of drug-likeness (QED) is 0.630. The van der Waals surface area contributed by atoms with E-state index in [0.29, 0.717) is 24.4 Å². The van der Waals surface area contributed by atoms with E-state index in [-0.39, 0.29) is 18.5 Å². The van der Waals surface area contributed by atoms with Gasteiger partial charge in [-0.3, -0.25) is 10.1 Å². The molecule has 0 radical (unpaired) electrons. The Morgan fingerprint density at radius 2 is 2.19 bits per heavy atom. The van der Waals surface area contributed by atoms with Crippen molar-refractivity contribution in [2.75, 3.05) is 26.7 Å². The van der Waals surface area contributed by atoms with Gasteiger partial charge in [-0.15, -0.1) is 0 Å². The van der Waals surface area contributed by atoms with Crippen LogP contribution in [0.15, 0.2) is 18.2 Å². The molecular formula is C20H22N4O2S. The minimum atomic E-state index is -0.255. The topological polar surface area (TPSA) is 68.4 Å². The second kappa shape index (κ2) is 6.14. The third kappa shape index (κ3) is 2.60. The molecule has 2 aliphatic heterocycles. The van der Waals surface area contributed by atoms with Gasteiger partial charge in [-0.25, -0.2) is 4.79 Å². The SMILES string of the molecule is CN1C[C@H](CN2CC(=O)NC2=O)CC2c3cccc4[nH]c(C=S)c(c34)C[C@H]21. The molecule has 0 bridgehead atoms. The Bertz CT molecular complexity index is 968. The van der Waals surface area contributed by atoms with Crippen LogP contribution >= 0.6 is 12.2 Å². The number of fused-ring (bicyclic) bond motifs is 2. The van der Waals surface area contributed by atoms with E-state index in [4.69, 9.17) is 12.2 Å². The van der Waals surface area contributed by atoms with Crippen LogP contribution in [0, 0.1) is 5.92 Å². The van der Waals surface area contributed by atoms with E-state index >= 15 is 0 Å². The number of benzene rings is 1. The average Bonchev–Trinajstić information content (AvgIpc) is 3.16. The summed E-state index contributed by atoms with van der Waals surface area (Å²) in [6.45, 7) is 1.75. The zero-order chi connectivity index (χ0) is 18.7. The maximum Gasteiger partial charge on any atom is 0.324 e. The normalized spacial score (nSPS) is 27.7. The molecule has 1 aromatic heterocycles. The van der Waals surface area contributed by atoms with Gasteiger partial charge in [-0.05, 0) is 43.0 Å². The molecule has 7 heteroatoms. The summed E-state index contributed by atoms with van der Waals surface area (Å²) in [5, 5.41) is 5.47. The molecule has 5 rings (SSSR count). The fraction of sp³-hybridized carbons (Fsp3) is 0.450. The zero-order valence-electron chi connectivity index (χ0n) is 15.2. The number of piperidine rings is 1. The van der Waals surface area contributed by atoms with Gasteiger partial charge in [-0.1, -0.05) is 24.4 Å². The zero-order valence-corrected chi connectivity index (χ0v) is 16.0. The van der Waals surface area contributed by atoms with E-state index in [2.05, 4.69) is 40.4 Å². The van der Waals surface area contributed by atoms with Gasteiger partial charge in [0.2, 0.25) is 5.91 Å². The minimum Gasteiger partial charge on any atom is -0.354 e. The predicted molar refractivity (Wildman–Crippen MR) is 107 cm³/mol. The largest absolute Gasteiger partial charge is 0.354 e. The van der Waals surface area contributed by atoms with Crippen molar-refractivity contribution in [1.29, 1.82) is 0 Å². The van der Waals surface area contributed by atoms with Crippen molar-refractivity contribution < 1.29 is 9.59 Å².